The fourth-order valence-electron chi connectivity index (χ4n) is 1.95. The molecule has 0 spiro atoms. The number of halogens is 1. The lowest BCUT2D eigenvalue weighted by molar-refractivity contribution is 0.0940. The Bertz CT molecular complexity index is 601. The number of nitrogen functional groups attached to an aromatic ring is 1. The summed E-state index contributed by atoms with van der Waals surface area (Å²) in [6.45, 7) is 1.95. The van der Waals surface area contributed by atoms with Gasteiger partial charge in [-0.3, -0.25) is 4.79 Å². The van der Waals surface area contributed by atoms with Crippen molar-refractivity contribution in [2.24, 2.45) is 0 Å². The number of anilines is 1. The number of carbonyl (C=O) groups excluding carboxylic acids is 1. The molecular weight excluding hydrogens is 274 g/mol. The fourth-order valence-corrected chi connectivity index (χ4v) is 2.14. The first-order valence-electron chi connectivity index (χ1n) is 6.32. The summed E-state index contributed by atoms with van der Waals surface area (Å²) in [6, 6.07) is 11.4. The maximum absolute atomic E-state index is 12.1. The molecule has 0 bridgehead atoms. The first-order valence-corrected chi connectivity index (χ1v) is 6.70. The Hall–Kier alpha value is -2.07. The molecule has 1 atom stereocenters. The molecule has 0 aliphatic heterocycles. The highest BCUT2D eigenvalue weighted by molar-refractivity contribution is 6.33. The molecule has 1 heterocycles. The Labute approximate surface area is 123 Å². The van der Waals surface area contributed by atoms with E-state index in [1.54, 1.807) is 0 Å². The molecule has 1 aromatic carbocycles. The zero-order valence-corrected chi connectivity index (χ0v) is 11.9. The van der Waals surface area contributed by atoms with Crippen LogP contribution in [0.25, 0.3) is 0 Å². The molecule has 2 rings (SSSR count). The van der Waals surface area contributed by atoms with Gasteiger partial charge in [-0.05, 0) is 25.0 Å². The summed E-state index contributed by atoms with van der Waals surface area (Å²) in [5.41, 5.74) is 7.08. The minimum atomic E-state index is -0.243. The van der Waals surface area contributed by atoms with Crippen LogP contribution in [-0.4, -0.2) is 16.9 Å². The van der Waals surface area contributed by atoms with Gasteiger partial charge in [-0.1, -0.05) is 41.9 Å². The van der Waals surface area contributed by atoms with Gasteiger partial charge in [0.15, 0.2) is 0 Å². The molecule has 1 aromatic heterocycles. The van der Waals surface area contributed by atoms with Crippen molar-refractivity contribution in [3.63, 3.8) is 0 Å². The average molecular weight is 290 g/mol. The van der Waals surface area contributed by atoms with Crippen LogP contribution < -0.4 is 11.1 Å². The van der Waals surface area contributed by atoms with Gasteiger partial charge in [-0.15, -0.1) is 0 Å². The lowest BCUT2D eigenvalue weighted by atomic mass is 10.1. The van der Waals surface area contributed by atoms with E-state index in [1.807, 2.05) is 37.3 Å². The number of benzene rings is 1. The van der Waals surface area contributed by atoms with Crippen LogP contribution in [0.15, 0.2) is 42.6 Å². The first-order chi connectivity index (χ1) is 9.56. The molecule has 0 saturated heterocycles. The number of aromatic nitrogens is 1. The number of nitrogens with two attached hydrogens (primary N) is 1. The average Bonchev–Trinajstić information content (AvgIpc) is 2.42. The van der Waals surface area contributed by atoms with Crippen LogP contribution in [0.5, 0.6) is 0 Å². The van der Waals surface area contributed by atoms with Crippen molar-refractivity contribution in [2.45, 2.75) is 19.4 Å². The topological polar surface area (TPSA) is 68.0 Å². The predicted octanol–water partition coefficient (Wildman–Crippen LogP) is 2.68. The first kappa shape index (κ1) is 14.3. The molecule has 0 fully saturated rings. The Morgan fingerprint density at radius 3 is 2.80 bits per heavy atom. The summed E-state index contributed by atoms with van der Waals surface area (Å²) in [5.74, 6) is 0.0304. The fraction of sp³-hybridized carbons (Fsp3) is 0.200. The van der Waals surface area contributed by atoms with Crippen molar-refractivity contribution in [1.29, 1.82) is 0 Å². The van der Waals surface area contributed by atoms with Crippen LogP contribution in [0.3, 0.4) is 0 Å². The Morgan fingerprint density at radius 1 is 1.40 bits per heavy atom. The van der Waals surface area contributed by atoms with E-state index in [9.17, 15) is 4.79 Å². The van der Waals surface area contributed by atoms with Crippen LogP contribution in [0.2, 0.25) is 5.02 Å². The summed E-state index contributed by atoms with van der Waals surface area (Å²) >= 11 is 5.96. The van der Waals surface area contributed by atoms with Crippen molar-refractivity contribution in [2.75, 3.05) is 5.73 Å². The summed E-state index contributed by atoms with van der Waals surface area (Å²) in [5, 5.41) is 3.20. The molecule has 104 valence electrons. The number of carbonyl (C=O) groups is 1. The maximum Gasteiger partial charge on any atom is 0.253 e. The molecule has 0 aliphatic rings. The van der Waals surface area contributed by atoms with Gasteiger partial charge in [0.2, 0.25) is 0 Å². The van der Waals surface area contributed by atoms with E-state index in [-0.39, 0.29) is 17.8 Å². The van der Waals surface area contributed by atoms with Gasteiger partial charge in [0.05, 0.1) is 10.6 Å². The van der Waals surface area contributed by atoms with Crippen LogP contribution in [0.4, 0.5) is 5.82 Å². The van der Waals surface area contributed by atoms with E-state index >= 15 is 0 Å². The van der Waals surface area contributed by atoms with Gasteiger partial charge in [0.25, 0.3) is 5.91 Å². The number of nitrogens with zero attached hydrogens (tertiary/aromatic N) is 1. The van der Waals surface area contributed by atoms with Gasteiger partial charge >= 0.3 is 0 Å². The summed E-state index contributed by atoms with van der Waals surface area (Å²) in [7, 11) is 0. The number of rotatable bonds is 4. The third kappa shape index (κ3) is 3.71. The van der Waals surface area contributed by atoms with E-state index in [4.69, 9.17) is 17.3 Å². The third-order valence-electron chi connectivity index (χ3n) is 2.88. The molecule has 20 heavy (non-hydrogen) atoms. The molecule has 1 amide bonds. The van der Waals surface area contributed by atoms with E-state index < -0.39 is 0 Å². The maximum atomic E-state index is 12.1. The number of hydrogen-bond donors (Lipinski definition) is 2. The van der Waals surface area contributed by atoms with Crippen LogP contribution >= 0.6 is 11.6 Å². The molecule has 3 N–H and O–H groups in total. The third-order valence-corrected chi connectivity index (χ3v) is 3.18. The number of pyridine rings is 1. The van der Waals surface area contributed by atoms with E-state index in [0.717, 1.165) is 6.42 Å². The van der Waals surface area contributed by atoms with Crippen molar-refractivity contribution in [1.82, 2.24) is 10.3 Å². The van der Waals surface area contributed by atoms with Gasteiger partial charge in [0, 0.05) is 12.2 Å². The van der Waals surface area contributed by atoms with Gasteiger partial charge in [0.1, 0.15) is 5.82 Å². The highest BCUT2D eigenvalue weighted by Gasteiger charge is 2.14. The highest BCUT2D eigenvalue weighted by Crippen LogP contribution is 2.16. The monoisotopic (exact) mass is 289 g/mol. The lowest BCUT2D eigenvalue weighted by Crippen LogP contribution is -2.34. The minimum Gasteiger partial charge on any atom is -0.384 e. The molecule has 0 radical (unpaired) electrons. The second-order valence-corrected chi connectivity index (χ2v) is 5.06. The van der Waals surface area contributed by atoms with Crippen molar-refractivity contribution in [3.05, 3.63) is 58.7 Å². The Morgan fingerprint density at radius 2 is 2.10 bits per heavy atom. The molecule has 0 aliphatic carbocycles. The molecule has 1 unspecified atom stereocenters. The van der Waals surface area contributed by atoms with Crippen molar-refractivity contribution >= 4 is 23.3 Å². The van der Waals surface area contributed by atoms with Gasteiger partial charge in [-0.2, -0.15) is 0 Å². The van der Waals surface area contributed by atoms with Gasteiger partial charge in [-0.25, -0.2) is 4.98 Å². The smallest absolute Gasteiger partial charge is 0.253 e. The number of amides is 1. The quantitative estimate of drug-likeness (QED) is 0.909. The zero-order chi connectivity index (χ0) is 14.5. The normalized spacial score (nSPS) is 11.9. The van der Waals surface area contributed by atoms with E-state index in [2.05, 4.69) is 10.3 Å². The van der Waals surface area contributed by atoms with Crippen LogP contribution in [0.1, 0.15) is 22.8 Å². The SMILES string of the molecule is CC(Cc1ccccc1)NC(=O)c1cc(N)ncc1Cl. The Kier molecular flexibility index (Phi) is 4.58. The van der Waals surface area contributed by atoms with E-state index in [0.29, 0.717) is 10.6 Å². The number of nitrogens with one attached hydrogen (secondary N) is 1. The molecule has 0 saturated carbocycles. The molecular formula is C15H16ClN3O. The lowest BCUT2D eigenvalue weighted by Gasteiger charge is -2.14. The highest BCUT2D eigenvalue weighted by atomic mass is 35.5. The van der Waals surface area contributed by atoms with Gasteiger partial charge < -0.3 is 11.1 Å². The van der Waals surface area contributed by atoms with E-state index in [1.165, 1.54) is 17.8 Å². The van der Waals surface area contributed by atoms with Crippen molar-refractivity contribution < 1.29 is 4.79 Å². The molecule has 4 nitrogen and oxygen atoms in total. The molecule has 2 aromatic rings. The summed E-state index contributed by atoms with van der Waals surface area (Å²) in [6.07, 6.45) is 2.14. The second kappa shape index (κ2) is 6.39. The summed E-state index contributed by atoms with van der Waals surface area (Å²) < 4.78 is 0. The largest absolute Gasteiger partial charge is 0.384 e. The van der Waals surface area contributed by atoms with Crippen LogP contribution in [-0.2, 0) is 6.42 Å². The molecule has 5 heteroatoms. The predicted molar refractivity (Wildman–Crippen MR) is 80.7 cm³/mol. The minimum absolute atomic E-state index is 0.00430. The Balaban J connectivity index is 2.02. The summed E-state index contributed by atoms with van der Waals surface area (Å²) in [4.78, 5) is 16.0. The second-order valence-electron chi connectivity index (χ2n) is 4.65. The van der Waals surface area contributed by atoms with Crippen molar-refractivity contribution in [3.8, 4) is 0 Å². The standard InChI is InChI=1S/C15H16ClN3O/c1-10(7-11-5-3-2-4-6-11)19-15(20)12-8-14(17)18-9-13(12)16/h2-6,8-10H,7H2,1H3,(H2,17,18)(H,19,20). The zero-order valence-electron chi connectivity index (χ0n) is 11.1. The van der Waals surface area contributed by atoms with Crippen LogP contribution in [0, 0.1) is 0 Å². The number of hydrogen-bond acceptors (Lipinski definition) is 3.